The van der Waals surface area contributed by atoms with Crippen molar-refractivity contribution in [2.45, 2.75) is 6.61 Å². The topological polar surface area (TPSA) is 125 Å². The van der Waals surface area contributed by atoms with Crippen LogP contribution >= 0.6 is 0 Å². The van der Waals surface area contributed by atoms with Gasteiger partial charge >= 0.3 is 10.2 Å². The zero-order valence-corrected chi connectivity index (χ0v) is 17.0. The van der Waals surface area contributed by atoms with E-state index >= 15 is 0 Å². The molecule has 30 heavy (non-hydrogen) atoms. The molecule has 0 saturated carbocycles. The summed E-state index contributed by atoms with van der Waals surface area (Å²) in [5.41, 5.74) is 1.69. The van der Waals surface area contributed by atoms with E-state index in [-0.39, 0.29) is 23.9 Å². The fourth-order valence-corrected chi connectivity index (χ4v) is 3.42. The molecule has 2 N–H and O–H groups in total. The molecule has 0 aliphatic rings. The number of carbonyl (C=O) groups is 1. The summed E-state index contributed by atoms with van der Waals surface area (Å²) < 4.78 is 40.1. The van der Waals surface area contributed by atoms with Gasteiger partial charge in [0.05, 0.1) is 18.9 Å². The van der Waals surface area contributed by atoms with Crippen LogP contribution in [0.2, 0.25) is 0 Å². The van der Waals surface area contributed by atoms with Crippen LogP contribution in [-0.2, 0) is 26.3 Å². The monoisotopic (exact) mass is 431 g/mol. The van der Waals surface area contributed by atoms with Crippen LogP contribution in [0.15, 0.2) is 65.3 Å². The van der Waals surface area contributed by atoms with Gasteiger partial charge in [0, 0.05) is 7.11 Å². The van der Waals surface area contributed by atoms with Crippen LogP contribution < -0.4 is 9.44 Å². The number of rotatable bonds is 9. The third-order valence-corrected chi connectivity index (χ3v) is 4.96. The Morgan fingerprint density at radius 2 is 1.73 bits per heavy atom. The summed E-state index contributed by atoms with van der Waals surface area (Å²) in [6.07, 6.45) is 1.06. The molecule has 9 nitrogen and oxygen atoms in total. The van der Waals surface area contributed by atoms with Crippen LogP contribution in [0, 0.1) is 0 Å². The molecule has 0 unspecified atom stereocenters. The van der Waals surface area contributed by atoms with E-state index in [1.165, 1.54) is 12.1 Å². The predicted molar refractivity (Wildman–Crippen MR) is 110 cm³/mol. The van der Waals surface area contributed by atoms with Crippen LogP contribution in [0.4, 0.5) is 5.69 Å². The minimum Gasteiger partial charge on any atom is -0.446 e. The normalized spacial score (nSPS) is 11.4. The molecule has 2 aromatic carbocycles. The number of benzene rings is 2. The molecule has 0 aliphatic heterocycles. The molecular formula is C20H21N3O6S. The Morgan fingerprint density at radius 1 is 1.07 bits per heavy atom. The van der Waals surface area contributed by atoms with Gasteiger partial charge in [-0.05, 0) is 23.3 Å². The van der Waals surface area contributed by atoms with Gasteiger partial charge in [0.2, 0.25) is 5.89 Å². The number of oxazole rings is 1. The van der Waals surface area contributed by atoms with Crippen LogP contribution in [0.3, 0.4) is 0 Å². The van der Waals surface area contributed by atoms with Gasteiger partial charge < -0.3 is 13.9 Å². The van der Waals surface area contributed by atoms with Crippen LogP contribution in [0.1, 0.15) is 16.4 Å². The molecule has 3 aromatic rings. The summed E-state index contributed by atoms with van der Waals surface area (Å²) in [5, 5.41) is 5.30. The van der Waals surface area contributed by atoms with E-state index in [1.807, 2.05) is 30.3 Å². The molecule has 0 radical (unpaired) electrons. The Labute approximate surface area is 174 Å². The van der Waals surface area contributed by atoms with Crippen molar-refractivity contribution < 1.29 is 27.1 Å². The second-order valence-electron chi connectivity index (χ2n) is 6.20. The largest absolute Gasteiger partial charge is 0.446 e. The number of anilines is 1. The van der Waals surface area contributed by atoms with Crippen LogP contribution in [0.5, 0.6) is 0 Å². The standard InChI is InChI=1S/C20H21N3O6S/c1-27-11-12-28-14-19-22-18(13-29-19)20(24)23(30(21,25)26)17-9-7-16(8-10-17)15-5-3-2-4-6-15/h2-10,13H,11-12,14H2,1H3,(H2,21,25,26). The van der Waals surface area contributed by atoms with E-state index in [0.717, 1.165) is 17.4 Å². The molecule has 1 heterocycles. The lowest BCUT2D eigenvalue weighted by molar-refractivity contribution is 0.0517. The van der Waals surface area contributed by atoms with Gasteiger partial charge in [-0.3, -0.25) is 4.79 Å². The Bertz CT molecular complexity index is 1080. The first-order chi connectivity index (χ1) is 14.4. The smallest absolute Gasteiger partial charge is 0.305 e. The Balaban J connectivity index is 1.81. The quantitative estimate of drug-likeness (QED) is 0.516. The number of hydrogen-bond acceptors (Lipinski definition) is 7. The molecule has 10 heteroatoms. The maximum Gasteiger partial charge on any atom is 0.305 e. The summed E-state index contributed by atoms with van der Waals surface area (Å²) in [4.78, 5) is 16.8. The first kappa shape index (κ1) is 21.7. The van der Waals surface area contributed by atoms with Crippen molar-refractivity contribution in [3.63, 3.8) is 0 Å². The minimum absolute atomic E-state index is 0.0117. The maximum atomic E-state index is 12.8. The summed E-state index contributed by atoms with van der Waals surface area (Å²) in [7, 11) is -2.86. The fraction of sp³-hybridized carbons (Fsp3) is 0.200. The van der Waals surface area contributed by atoms with Gasteiger partial charge in [-0.15, -0.1) is 0 Å². The average molecular weight is 431 g/mol. The maximum absolute atomic E-state index is 12.8. The first-order valence-corrected chi connectivity index (χ1v) is 10.4. The molecule has 0 aliphatic carbocycles. The Hall–Kier alpha value is -3.05. The van der Waals surface area contributed by atoms with E-state index < -0.39 is 16.1 Å². The predicted octanol–water partition coefficient (Wildman–Crippen LogP) is 2.35. The van der Waals surface area contributed by atoms with Gasteiger partial charge in [0.1, 0.15) is 12.9 Å². The Morgan fingerprint density at radius 3 is 2.37 bits per heavy atom. The molecule has 3 rings (SSSR count). The fourth-order valence-electron chi connectivity index (χ4n) is 2.68. The molecular weight excluding hydrogens is 410 g/mol. The van der Waals surface area contributed by atoms with Crippen molar-refractivity contribution in [1.29, 1.82) is 0 Å². The average Bonchev–Trinajstić information content (AvgIpc) is 3.21. The lowest BCUT2D eigenvalue weighted by Gasteiger charge is -2.19. The van der Waals surface area contributed by atoms with Gasteiger partial charge in [0.25, 0.3) is 5.91 Å². The highest BCUT2D eigenvalue weighted by atomic mass is 32.2. The lowest BCUT2D eigenvalue weighted by Crippen LogP contribution is -2.41. The molecule has 0 bridgehead atoms. The summed E-state index contributed by atoms with van der Waals surface area (Å²) >= 11 is 0. The van der Waals surface area contributed by atoms with Crippen molar-refractivity contribution in [1.82, 2.24) is 4.98 Å². The molecule has 0 saturated heterocycles. The van der Waals surface area contributed by atoms with Gasteiger partial charge in [0.15, 0.2) is 5.69 Å². The zero-order chi connectivity index (χ0) is 21.6. The number of carbonyl (C=O) groups excluding carboxylic acids is 1. The number of nitrogens with two attached hydrogens (primary N) is 1. The van der Waals surface area contributed by atoms with Crippen LogP contribution in [0.25, 0.3) is 11.1 Å². The van der Waals surface area contributed by atoms with Crippen molar-refractivity contribution in [3.05, 3.63) is 72.4 Å². The van der Waals surface area contributed by atoms with Crippen molar-refractivity contribution in [2.75, 3.05) is 24.6 Å². The van der Waals surface area contributed by atoms with E-state index in [4.69, 9.17) is 19.0 Å². The van der Waals surface area contributed by atoms with E-state index in [2.05, 4.69) is 4.98 Å². The molecule has 1 amide bonds. The molecule has 1 aromatic heterocycles. The van der Waals surface area contributed by atoms with Gasteiger partial charge in [-0.25, -0.2) is 10.1 Å². The van der Waals surface area contributed by atoms with E-state index in [9.17, 15) is 13.2 Å². The number of amides is 1. The highest BCUT2D eigenvalue weighted by Crippen LogP contribution is 2.25. The number of methoxy groups -OCH3 is 1. The highest BCUT2D eigenvalue weighted by Gasteiger charge is 2.29. The third-order valence-electron chi connectivity index (χ3n) is 4.08. The summed E-state index contributed by atoms with van der Waals surface area (Å²) in [6.45, 7) is 0.724. The van der Waals surface area contributed by atoms with Gasteiger partial charge in [-0.1, -0.05) is 42.5 Å². The van der Waals surface area contributed by atoms with E-state index in [1.54, 1.807) is 19.2 Å². The zero-order valence-electron chi connectivity index (χ0n) is 16.2. The van der Waals surface area contributed by atoms with Crippen molar-refractivity contribution >= 4 is 21.8 Å². The number of ether oxygens (including phenoxy) is 2. The number of hydrogen-bond donors (Lipinski definition) is 1. The van der Waals surface area contributed by atoms with E-state index in [0.29, 0.717) is 17.5 Å². The van der Waals surface area contributed by atoms with Crippen LogP contribution in [-0.4, -0.2) is 39.6 Å². The minimum atomic E-state index is -4.40. The summed E-state index contributed by atoms with van der Waals surface area (Å²) in [6, 6.07) is 15.9. The van der Waals surface area contributed by atoms with Gasteiger partial charge in [-0.2, -0.15) is 12.7 Å². The molecule has 0 atom stereocenters. The SMILES string of the molecule is COCCOCc1nc(C(=O)N(c2ccc(-c3ccccc3)cc2)S(N)(=O)=O)co1. The van der Waals surface area contributed by atoms with Crippen molar-refractivity contribution in [2.24, 2.45) is 5.14 Å². The summed E-state index contributed by atoms with van der Waals surface area (Å²) in [5.74, 6) is -0.805. The third kappa shape index (κ3) is 5.30. The molecule has 0 fully saturated rings. The lowest BCUT2D eigenvalue weighted by atomic mass is 10.1. The van der Waals surface area contributed by atoms with Crippen molar-refractivity contribution in [3.8, 4) is 11.1 Å². The molecule has 158 valence electrons. The second-order valence-corrected chi connectivity index (χ2v) is 7.59. The first-order valence-electron chi connectivity index (χ1n) is 8.94. The number of aromatic nitrogens is 1. The molecule has 0 spiro atoms. The number of nitrogens with zero attached hydrogens (tertiary/aromatic N) is 2. The second kappa shape index (κ2) is 9.63. The highest BCUT2D eigenvalue weighted by molar-refractivity contribution is 7.91. The Kier molecular flexibility index (Phi) is 6.95.